The first-order valence-corrected chi connectivity index (χ1v) is 6.18. The zero-order chi connectivity index (χ0) is 14.9. The van der Waals surface area contributed by atoms with E-state index in [0.29, 0.717) is 10.6 Å². The zero-order valence-electron chi connectivity index (χ0n) is 10.3. The van der Waals surface area contributed by atoms with Crippen molar-refractivity contribution in [2.45, 2.75) is 10.1 Å². The Morgan fingerprint density at radius 1 is 1.45 bits per heavy atom. The molecule has 0 aliphatic heterocycles. The maximum atomic E-state index is 11.2. The quantitative estimate of drug-likeness (QED) is 0.532. The number of benzene rings is 1. The molecule has 0 fully saturated rings. The van der Waals surface area contributed by atoms with Crippen LogP contribution in [0.2, 0.25) is 0 Å². The number of carboxylic acids is 1. The van der Waals surface area contributed by atoms with E-state index >= 15 is 0 Å². The second-order valence-electron chi connectivity index (χ2n) is 3.86. The summed E-state index contributed by atoms with van der Waals surface area (Å²) < 4.78 is 1.25. The normalized spacial score (nSPS) is 10.4. The van der Waals surface area contributed by atoms with Crippen molar-refractivity contribution in [1.82, 2.24) is 14.8 Å². The fourth-order valence-electron chi connectivity index (χ4n) is 1.45. The minimum absolute atomic E-state index is 0.00421. The molecule has 0 aliphatic rings. The summed E-state index contributed by atoms with van der Waals surface area (Å²) in [4.78, 5) is 37.4. The molecule has 0 saturated heterocycles. The van der Waals surface area contributed by atoms with Crippen molar-refractivity contribution in [3.63, 3.8) is 0 Å². The predicted molar refractivity (Wildman–Crippen MR) is 72.0 cm³/mol. The number of carbonyl (C=O) groups is 1. The van der Waals surface area contributed by atoms with Crippen LogP contribution in [-0.2, 0) is 7.05 Å². The number of hydrogen-bond donors (Lipinski definition) is 3. The lowest BCUT2D eigenvalue weighted by Gasteiger charge is -2.08. The Bertz CT molecular complexity index is 796. The molecular weight excluding hydrogens is 284 g/mol. The SMILES string of the molecule is Cn1[nH]c(=O)c(=O)nc1Sc1ccc(N)cc1C(=O)O. The molecular formula is C11H10N4O4S. The third-order valence-electron chi connectivity index (χ3n) is 2.38. The number of anilines is 1. The van der Waals surface area contributed by atoms with Crippen molar-refractivity contribution in [2.75, 3.05) is 5.73 Å². The van der Waals surface area contributed by atoms with E-state index in [0.717, 1.165) is 11.8 Å². The van der Waals surface area contributed by atoms with Gasteiger partial charge in [-0.25, -0.2) is 4.79 Å². The number of aromatic nitrogens is 3. The van der Waals surface area contributed by atoms with E-state index in [1.54, 1.807) is 6.07 Å². The van der Waals surface area contributed by atoms with Crippen LogP contribution in [0.5, 0.6) is 0 Å². The summed E-state index contributed by atoms with van der Waals surface area (Å²) in [6.45, 7) is 0. The molecule has 9 heteroatoms. The van der Waals surface area contributed by atoms with E-state index in [1.165, 1.54) is 23.9 Å². The molecule has 2 rings (SSSR count). The highest BCUT2D eigenvalue weighted by Crippen LogP contribution is 2.29. The number of aromatic carboxylic acids is 1. The summed E-state index contributed by atoms with van der Waals surface area (Å²) in [6, 6.07) is 4.37. The van der Waals surface area contributed by atoms with Gasteiger partial charge in [-0.15, -0.1) is 0 Å². The molecule has 1 heterocycles. The van der Waals surface area contributed by atoms with Gasteiger partial charge in [0.25, 0.3) is 0 Å². The van der Waals surface area contributed by atoms with Gasteiger partial charge in [0.1, 0.15) is 0 Å². The van der Waals surface area contributed by atoms with Crippen molar-refractivity contribution >= 4 is 23.4 Å². The van der Waals surface area contributed by atoms with Gasteiger partial charge in [0.05, 0.1) is 5.56 Å². The van der Waals surface area contributed by atoms with Crippen LogP contribution in [0.3, 0.4) is 0 Å². The lowest BCUT2D eigenvalue weighted by atomic mass is 10.2. The summed E-state index contributed by atoms with van der Waals surface area (Å²) in [5, 5.41) is 11.6. The third-order valence-corrected chi connectivity index (χ3v) is 3.51. The highest BCUT2D eigenvalue weighted by Gasteiger charge is 2.14. The Morgan fingerprint density at radius 3 is 2.80 bits per heavy atom. The van der Waals surface area contributed by atoms with E-state index in [-0.39, 0.29) is 10.7 Å². The Kier molecular flexibility index (Phi) is 3.61. The zero-order valence-corrected chi connectivity index (χ0v) is 11.1. The molecule has 4 N–H and O–H groups in total. The van der Waals surface area contributed by atoms with E-state index < -0.39 is 17.1 Å². The summed E-state index contributed by atoms with van der Waals surface area (Å²) in [7, 11) is 1.49. The second-order valence-corrected chi connectivity index (χ2v) is 4.87. The van der Waals surface area contributed by atoms with Crippen LogP contribution in [0.15, 0.2) is 37.8 Å². The molecule has 0 saturated carbocycles. The summed E-state index contributed by atoms with van der Waals surface area (Å²) in [5.74, 6) is -1.14. The molecule has 8 nitrogen and oxygen atoms in total. The highest BCUT2D eigenvalue weighted by atomic mass is 32.2. The number of aryl methyl sites for hydroxylation is 1. The molecule has 0 atom stereocenters. The fourth-order valence-corrected chi connectivity index (χ4v) is 2.35. The highest BCUT2D eigenvalue weighted by molar-refractivity contribution is 7.99. The molecule has 0 spiro atoms. The number of carboxylic acid groups (broad SMARTS) is 1. The average Bonchev–Trinajstić information content (AvgIpc) is 2.37. The minimum atomic E-state index is -1.14. The number of rotatable bonds is 3. The molecule has 1 aromatic carbocycles. The van der Waals surface area contributed by atoms with Gasteiger partial charge in [-0.1, -0.05) is 0 Å². The molecule has 20 heavy (non-hydrogen) atoms. The lowest BCUT2D eigenvalue weighted by molar-refractivity contribution is 0.0693. The van der Waals surface area contributed by atoms with Gasteiger partial charge >= 0.3 is 17.1 Å². The molecule has 1 aromatic heterocycles. The molecule has 0 unspecified atom stereocenters. The number of nitrogens with zero attached hydrogens (tertiary/aromatic N) is 2. The second kappa shape index (κ2) is 5.21. The van der Waals surface area contributed by atoms with Crippen LogP contribution in [-0.4, -0.2) is 25.8 Å². The lowest BCUT2D eigenvalue weighted by Crippen LogP contribution is -2.33. The van der Waals surface area contributed by atoms with Crippen molar-refractivity contribution in [3.05, 3.63) is 44.5 Å². The van der Waals surface area contributed by atoms with Crippen molar-refractivity contribution in [1.29, 1.82) is 0 Å². The average molecular weight is 294 g/mol. The van der Waals surface area contributed by atoms with Crippen LogP contribution in [0.4, 0.5) is 5.69 Å². The monoisotopic (exact) mass is 294 g/mol. The van der Waals surface area contributed by atoms with Gasteiger partial charge in [0.2, 0.25) is 0 Å². The van der Waals surface area contributed by atoms with E-state index in [4.69, 9.17) is 10.8 Å². The Labute approximate surface area is 116 Å². The van der Waals surface area contributed by atoms with Crippen LogP contribution >= 0.6 is 11.8 Å². The summed E-state index contributed by atoms with van der Waals surface area (Å²) >= 11 is 0.946. The predicted octanol–water partition coefficient (Wildman–Crippen LogP) is -0.0998. The maximum Gasteiger partial charge on any atom is 0.339 e. The first-order chi connectivity index (χ1) is 9.38. The van der Waals surface area contributed by atoms with Crippen molar-refractivity contribution < 1.29 is 9.90 Å². The molecule has 0 aliphatic carbocycles. The molecule has 0 amide bonds. The van der Waals surface area contributed by atoms with E-state index in [9.17, 15) is 14.4 Å². The first kappa shape index (κ1) is 13.9. The molecule has 104 valence electrons. The smallest absolute Gasteiger partial charge is 0.339 e. The maximum absolute atomic E-state index is 11.2. The van der Waals surface area contributed by atoms with Crippen LogP contribution in [0, 0.1) is 0 Å². The Hall–Kier alpha value is -2.55. The van der Waals surface area contributed by atoms with Gasteiger partial charge in [0.15, 0.2) is 5.16 Å². The largest absolute Gasteiger partial charge is 0.478 e. The third kappa shape index (κ3) is 2.72. The number of nitrogens with two attached hydrogens (primary N) is 1. The molecule has 0 radical (unpaired) electrons. The van der Waals surface area contributed by atoms with E-state index in [2.05, 4.69) is 10.1 Å². The van der Waals surface area contributed by atoms with Crippen LogP contribution < -0.4 is 16.9 Å². The first-order valence-electron chi connectivity index (χ1n) is 5.36. The number of hydrogen-bond acceptors (Lipinski definition) is 6. The number of H-pyrrole nitrogens is 1. The Morgan fingerprint density at radius 2 is 2.15 bits per heavy atom. The minimum Gasteiger partial charge on any atom is -0.478 e. The standard InChI is InChI=1S/C11H10N4O4S/c1-15-11(13-8(16)9(17)14-15)20-7-3-2-5(12)4-6(7)10(18)19/h2-4H,12H2,1H3,(H,14,17)(H,18,19). The Balaban J connectivity index is 2.50. The van der Waals surface area contributed by atoms with E-state index in [1.807, 2.05) is 0 Å². The fraction of sp³-hybridized carbons (Fsp3) is 0.0909. The number of nitrogen functional groups attached to an aromatic ring is 1. The van der Waals surface area contributed by atoms with Gasteiger partial charge in [-0.05, 0) is 30.0 Å². The van der Waals surface area contributed by atoms with Crippen LogP contribution in [0.1, 0.15) is 10.4 Å². The molecule has 0 bridgehead atoms. The van der Waals surface area contributed by atoms with Crippen molar-refractivity contribution in [2.24, 2.45) is 7.05 Å². The summed E-state index contributed by atoms with van der Waals surface area (Å²) in [5.41, 5.74) is 4.08. The topological polar surface area (TPSA) is 131 Å². The van der Waals surface area contributed by atoms with Gasteiger partial charge in [-0.2, -0.15) is 4.98 Å². The van der Waals surface area contributed by atoms with Crippen molar-refractivity contribution in [3.8, 4) is 0 Å². The number of nitrogens with one attached hydrogen (secondary N) is 1. The summed E-state index contributed by atoms with van der Waals surface area (Å²) in [6.07, 6.45) is 0. The van der Waals surface area contributed by atoms with Gasteiger partial charge in [0, 0.05) is 17.6 Å². The van der Waals surface area contributed by atoms with Gasteiger partial charge < -0.3 is 10.8 Å². The number of aromatic amines is 1. The van der Waals surface area contributed by atoms with Gasteiger partial charge in [-0.3, -0.25) is 19.4 Å². The molecule has 2 aromatic rings. The van der Waals surface area contributed by atoms with Crippen LogP contribution in [0.25, 0.3) is 0 Å².